The van der Waals surface area contributed by atoms with E-state index in [-0.39, 0.29) is 18.2 Å². The summed E-state index contributed by atoms with van der Waals surface area (Å²) in [6, 6.07) is 2.00. The maximum absolute atomic E-state index is 13.9. The molecule has 20 heavy (non-hydrogen) atoms. The lowest BCUT2D eigenvalue weighted by Crippen LogP contribution is -2.38. The fraction of sp³-hybridized carbons (Fsp3) is 0.538. The third-order valence-electron chi connectivity index (χ3n) is 4.24. The van der Waals surface area contributed by atoms with Gasteiger partial charge in [-0.15, -0.1) is 0 Å². The Balaban J connectivity index is 2.05. The van der Waals surface area contributed by atoms with Gasteiger partial charge in [0.1, 0.15) is 4.90 Å². The van der Waals surface area contributed by atoms with Crippen LogP contribution in [0, 0.1) is 17.6 Å². The smallest absolute Gasteiger partial charge is 0.246 e. The lowest BCUT2D eigenvalue weighted by molar-refractivity contribution is 0.331. The summed E-state index contributed by atoms with van der Waals surface area (Å²) < 4.78 is 53.8. The van der Waals surface area contributed by atoms with Gasteiger partial charge in [0.05, 0.1) is 0 Å². The van der Waals surface area contributed by atoms with Crippen molar-refractivity contribution in [1.29, 1.82) is 0 Å². The molecule has 2 atom stereocenters. The number of hydrogen-bond donors (Lipinski definition) is 1. The predicted molar refractivity (Wildman–Crippen MR) is 69.3 cm³/mol. The van der Waals surface area contributed by atoms with Crippen LogP contribution < -0.4 is 5.73 Å². The Hall–Kier alpha value is -1.05. The molecule has 4 nitrogen and oxygen atoms in total. The summed E-state index contributed by atoms with van der Waals surface area (Å²) in [6.07, 6.45) is 2.63. The van der Waals surface area contributed by atoms with Crippen LogP contribution in [0.5, 0.6) is 0 Å². The highest BCUT2D eigenvalue weighted by Gasteiger charge is 2.45. The molecule has 2 N–H and O–H groups in total. The average Bonchev–Trinajstić information content (AvgIpc) is 3.04. The minimum Gasteiger partial charge on any atom is -0.326 e. The number of nitrogens with two attached hydrogens (primary N) is 1. The number of rotatable bonds is 3. The van der Waals surface area contributed by atoms with Crippen molar-refractivity contribution >= 4 is 10.0 Å². The van der Waals surface area contributed by atoms with Gasteiger partial charge in [-0.05, 0) is 42.9 Å². The molecule has 3 rings (SSSR count). The summed E-state index contributed by atoms with van der Waals surface area (Å²) in [5.74, 6) is -2.14. The number of halogens is 2. The Morgan fingerprint density at radius 2 is 2.05 bits per heavy atom. The number of nitrogens with zero attached hydrogens (tertiary/aromatic N) is 1. The van der Waals surface area contributed by atoms with Crippen molar-refractivity contribution in [2.24, 2.45) is 11.7 Å². The van der Waals surface area contributed by atoms with E-state index in [2.05, 4.69) is 0 Å². The van der Waals surface area contributed by atoms with Crippen LogP contribution in [0.25, 0.3) is 0 Å². The lowest BCUT2D eigenvalue weighted by atomic mass is 10.1. The molecule has 7 heteroatoms. The van der Waals surface area contributed by atoms with E-state index in [0.29, 0.717) is 12.5 Å². The molecular formula is C13H16F2N2O2S. The fourth-order valence-electron chi connectivity index (χ4n) is 3.22. The van der Waals surface area contributed by atoms with E-state index >= 15 is 0 Å². The van der Waals surface area contributed by atoms with Gasteiger partial charge < -0.3 is 5.73 Å². The molecule has 1 aromatic carbocycles. The lowest BCUT2D eigenvalue weighted by Gasteiger charge is -2.26. The van der Waals surface area contributed by atoms with E-state index in [1.807, 2.05) is 0 Å². The largest absolute Gasteiger partial charge is 0.326 e. The van der Waals surface area contributed by atoms with Gasteiger partial charge in [0.15, 0.2) is 11.6 Å². The Morgan fingerprint density at radius 1 is 1.30 bits per heavy atom. The van der Waals surface area contributed by atoms with Crippen LogP contribution in [0.15, 0.2) is 17.0 Å². The Bertz CT molecular complexity index is 648. The molecule has 0 spiro atoms. The quantitative estimate of drug-likeness (QED) is 0.922. The number of hydrogen-bond acceptors (Lipinski definition) is 3. The Kier molecular flexibility index (Phi) is 3.30. The second-order valence-electron chi connectivity index (χ2n) is 5.50. The minimum absolute atomic E-state index is 0.0359. The normalized spacial score (nSPS) is 26.4. The van der Waals surface area contributed by atoms with E-state index < -0.39 is 26.6 Å². The molecule has 110 valence electrons. The molecule has 0 radical (unpaired) electrons. The molecule has 1 aliphatic carbocycles. The summed E-state index contributed by atoms with van der Waals surface area (Å²) in [6.45, 7) is 0.368. The van der Waals surface area contributed by atoms with Gasteiger partial charge >= 0.3 is 0 Å². The van der Waals surface area contributed by atoms with Crippen LogP contribution in [-0.4, -0.2) is 25.3 Å². The highest BCUT2D eigenvalue weighted by molar-refractivity contribution is 7.89. The maximum atomic E-state index is 13.9. The molecule has 1 saturated carbocycles. The summed E-state index contributed by atoms with van der Waals surface area (Å²) in [7, 11) is -3.99. The van der Waals surface area contributed by atoms with E-state index in [1.54, 1.807) is 0 Å². The number of fused-ring (bicyclic) bond motifs is 2. The van der Waals surface area contributed by atoms with Crippen molar-refractivity contribution < 1.29 is 17.2 Å². The second-order valence-corrected chi connectivity index (χ2v) is 7.36. The number of piperidine rings is 1. The van der Waals surface area contributed by atoms with Crippen LogP contribution in [0.1, 0.15) is 24.8 Å². The molecule has 1 aromatic rings. The topological polar surface area (TPSA) is 63.4 Å². The monoisotopic (exact) mass is 302 g/mol. The third kappa shape index (κ3) is 2.04. The SMILES string of the molecule is NCc1cc(F)c(F)c(S(=O)(=O)N2CC3CCC2C3)c1. The Morgan fingerprint density at radius 3 is 2.60 bits per heavy atom. The molecule has 2 aliphatic rings. The molecule has 1 heterocycles. The van der Waals surface area contributed by atoms with E-state index in [1.165, 1.54) is 4.31 Å². The van der Waals surface area contributed by atoms with E-state index in [9.17, 15) is 17.2 Å². The molecular weight excluding hydrogens is 286 g/mol. The summed E-state index contributed by atoms with van der Waals surface area (Å²) in [4.78, 5) is -0.592. The molecule has 2 fully saturated rings. The standard InChI is InChI=1S/C13H16F2N2O2S/c14-11-4-9(6-16)5-12(13(11)15)20(18,19)17-7-8-1-2-10(17)3-8/h4-5,8,10H,1-3,6-7,16H2. The van der Waals surface area contributed by atoms with Crippen molar-refractivity contribution in [2.75, 3.05) is 6.54 Å². The van der Waals surface area contributed by atoms with Crippen LogP contribution in [0.2, 0.25) is 0 Å². The van der Waals surface area contributed by atoms with Gasteiger partial charge in [0, 0.05) is 19.1 Å². The molecule has 2 unspecified atom stereocenters. The third-order valence-corrected chi connectivity index (χ3v) is 6.15. The van der Waals surface area contributed by atoms with Crippen molar-refractivity contribution in [3.8, 4) is 0 Å². The summed E-state index contributed by atoms with van der Waals surface area (Å²) >= 11 is 0. The number of sulfonamides is 1. The van der Waals surface area contributed by atoms with Gasteiger partial charge in [-0.1, -0.05) is 0 Å². The van der Waals surface area contributed by atoms with Gasteiger partial charge in [-0.3, -0.25) is 0 Å². The Labute approximate surface area is 116 Å². The van der Waals surface area contributed by atoms with E-state index in [0.717, 1.165) is 31.4 Å². The first-order valence-corrected chi connectivity index (χ1v) is 8.07. The van der Waals surface area contributed by atoms with Crippen LogP contribution in [0.4, 0.5) is 8.78 Å². The minimum atomic E-state index is -3.99. The summed E-state index contributed by atoms with van der Waals surface area (Å²) in [5, 5.41) is 0. The number of benzene rings is 1. The van der Waals surface area contributed by atoms with Gasteiger partial charge in [0.2, 0.25) is 10.0 Å². The van der Waals surface area contributed by atoms with Crippen LogP contribution >= 0.6 is 0 Å². The zero-order valence-corrected chi connectivity index (χ0v) is 11.7. The van der Waals surface area contributed by atoms with Crippen molar-refractivity contribution in [2.45, 2.75) is 36.7 Å². The maximum Gasteiger partial charge on any atom is 0.246 e. The van der Waals surface area contributed by atoms with Crippen molar-refractivity contribution in [3.63, 3.8) is 0 Å². The molecule has 1 saturated heterocycles. The van der Waals surface area contributed by atoms with Crippen LogP contribution in [0.3, 0.4) is 0 Å². The van der Waals surface area contributed by atoms with Crippen molar-refractivity contribution in [3.05, 3.63) is 29.3 Å². The summed E-state index contributed by atoms with van der Waals surface area (Å²) in [5.41, 5.74) is 5.67. The van der Waals surface area contributed by atoms with Crippen LogP contribution in [-0.2, 0) is 16.6 Å². The zero-order chi connectivity index (χ0) is 14.5. The molecule has 2 bridgehead atoms. The first-order valence-electron chi connectivity index (χ1n) is 6.63. The molecule has 0 aromatic heterocycles. The van der Waals surface area contributed by atoms with Gasteiger partial charge in [0.25, 0.3) is 0 Å². The first-order chi connectivity index (χ1) is 9.43. The molecule has 1 aliphatic heterocycles. The zero-order valence-electron chi connectivity index (χ0n) is 10.9. The molecule has 0 amide bonds. The van der Waals surface area contributed by atoms with Crippen molar-refractivity contribution in [1.82, 2.24) is 4.31 Å². The van der Waals surface area contributed by atoms with Gasteiger partial charge in [-0.2, -0.15) is 4.31 Å². The highest BCUT2D eigenvalue weighted by atomic mass is 32.2. The predicted octanol–water partition coefficient (Wildman–Crippen LogP) is 1.60. The van der Waals surface area contributed by atoms with E-state index in [4.69, 9.17) is 5.73 Å². The second kappa shape index (κ2) is 4.75. The first kappa shape index (κ1) is 13.9. The highest BCUT2D eigenvalue weighted by Crippen LogP contribution is 2.41. The fourth-order valence-corrected chi connectivity index (χ4v) is 5.09. The average molecular weight is 302 g/mol. The van der Waals surface area contributed by atoms with Gasteiger partial charge in [-0.25, -0.2) is 17.2 Å².